The molecule has 2 rings (SSSR count). The first-order valence-corrected chi connectivity index (χ1v) is 14.0. The van der Waals surface area contributed by atoms with E-state index < -0.39 is 39.5 Å². The molecule has 0 aliphatic heterocycles. The zero-order valence-corrected chi connectivity index (χ0v) is 22.6. The summed E-state index contributed by atoms with van der Waals surface area (Å²) in [5.74, 6) is -1.26. The first-order chi connectivity index (χ1) is 17.6. The molecule has 7 nitrogen and oxygen atoms in total. The molecule has 0 unspecified atom stereocenters. The Kier molecular flexibility index (Phi) is 10.7. The summed E-state index contributed by atoms with van der Waals surface area (Å²) in [6, 6.07) is 8.44. The van der Waals surface area contributed by atoms with Crippen LogP contribution in [-0.2, 0) is 32.3 Å². The molecule has 2 aromatic rings. The van der Waals surface area contributed by atoms with Gasteiger partial charge in [-0.2, -0.15) is 13.2 Å². The number of carbonyl (C=O) groups excluding carboxylic acids is 2. The van der Waals surface area contributed by atoms with Crippen LogP contribution < -0.4 is 9.62 Å². The first kappa shape index (κ1) is 31.1. The van der Waals surface area contributed by atoms with Gasteiger partial charge in [0.1, 0.15) is 11.9 Å². The van der Waals surface area contributed by atoms with Gasteiger partial charge in [0.25, 0.3) is 0 Å². The van der Waals surface area contributed by atoms with Crippen molar-refractivity contribution in [2.75, 3.05) is 17.1 Å². The Morgan fingerprint density at radius 3 is 2.21 bits per heavy atom. The van der Waals surface area contributed by atoms with Crippen molar-refractivity contribution in [2.45, 2.75) is 64.8 Å². The van der Waals surface area contributed by atoms with Crippen molar-refractivity contribution in [1.29, 1.82) is 0 Å². The van der Waals surface area contributed by atoms with Crippen molar-refractivity contribution in [3.05, 3.63) is 65.5 Å². The third kappa shape index (κ3) is 9.00. The molecule has 0 aliphatic rings. The number of nitrogens with one attached hydrogen (secondary N) is 1. The maximum Gasteiger partial charge on any atom is 0.416 e. The summed E-state index contributed by atoms with van der Waals surface area (Å²) < 4.78 is 78.4. The van der Waals surface area contributed by atoms with Crippen LogP contribution in [0.25, 0.3) is 0 Å². The number of sulfonamides is 1. The lowest BCUT2D eigenvalue weighted by molar-refractivity contribution is -0.141. The molecular weight excluding hydrogens is 526 g/mol. The number of hydrogen-bond acceptors (Lipinski definition) is 4. The second-order valence-electron chi connectivity index (χ2n) is 9.22. The number of nitrogens with zero attached hydrogens (tertiary/aromatic N) is 2. The van der Waals surface area contributed by atoms with E-state index in [4.69, 9.17) is 0 Å². The van der Waals surface area contributed by atoms with Crippen LogP contribution in [0.5, 0.6) is 0 Å². The number of hydrogen-bond donors (Lipinski definition) is 1. The van der Waals surface area contributed by atoms with Gasteiger partial charge in [-0.3, -0.25) is 13.9 Å². The molecule has 0 bridgehead atoms. The predicted molar refractivity (Wildman–Crippen MR) is 137 cm³/mol. The van der Waals surface area contributed by atoms with E-state index in [0.29, 0.717) is 12.0 Å². The zero-order chi connectivity index (χ0) is 28.7. The molecule has 1 atom stereocenters. The fraction of sp³-hybridized carbons (Fsp3) is 0.462. The third-order valence-electron chi connectivity index (χ3n) is 5.70. The Labute approximate surface area is 220 Å². The summed E-state index contributed by atoms with van der Waals surface area (Å²) >= 11 is 0. The topological polar surface area (TPSA) is 86.8 Å². The van der Waals surface area contributed by atoms with Gasteiger partial charge in [-0.1, -0.05) is 25.1 Å². The number of anilines is 1. The van der Waals surface area contributed by atoms with Crippen molar-refractivity contribution in [1.82, 2.24) is 10.2 Å². The standard InChI is InChI=1S/C26H33F4N3O4S/c1-5-23(25(35)31-18(2)3)32(17-19-11-13-21(27)14-12-19)24(34)10-7-15-33(38(4,36)37)22-9-6-8-20(16-22)26(28,29)30/h6,8-9,11-14,16,18,23H,5,7,10,15,17H2,1-4H3,(H,31,35)/t23-/m0/s1. The number of halogens is 4. The van der Waals surface area contributed by atoms with Gasteiger partial charge in [-0.25, -0.2) is 12.8 Å². The average molecular weight is 560 g/mol. The quantitative estimate of drug-likeness (QED) is 0.381. The van der Waals surface area contributed by atoms with Crippen molar-refractivity contribution in [3.63, 3.8) is 0 Å². The van der Waals surface area contributed by atoms with E-state index in [1.807, 2.05) is 0 Å². The molecule has 0 aliphatic carbocycles. The Hall–Kier alpha value is -3.15. The van der Waals surface area contributed by atoms with Gasteiger partial charge < -0.3 is 10.2 Å². The maximum absolute atomic E-state index is 13.4. The molecule has 12 heteroatoms. The molecule has 0 saturated heterocycles. The molecule has 0 spiro atoms. The molecule has 0 saturated carbocycles. The van der Waals surface area contributed by atoms with E-state index in [0.717, 1.165) is 28.8 Å². The van der Waals surface area contributed by atoms with Gasteiger partial charge in [0.15, 0.2) is 0 Å². The van der Waals surface area contributed by atoms with Gasteiger partial charge in [0, 0.05) is 25.6 Å². The molecular formula is C26H33F4N3O4S. The minimum atomic E-state index is -4.65. The summed E-state index contributed by atoms with van der Waals surface area (Å²) in [4.78, 5) is 27.5. The predicted octanol–water partition coefficient (Wildman–Crippen LogP) is 4.72. The molecule has 0 aromatic heterocycles. The number of rotatable bonds is 12. The number of carbonyl (C=O) groups is 2. The highest BCUT2D eigenvalue weighted by atomic mass is 32.2. The van der Waals surface area contributed by atoms with Crippen LogP contribution in [-0.4, -0.2) is 50.0 Å². The van der Waals surface area contributed by atoms with E-state index in [-0.39, 0.29) is 43.6 Å². The largest absolute Gasteiger partial charge is 0.416 e. The number of amides is 2. The monoisotopic (exact) mass is 559 g/mol. The molecule has 2 aromatic carbocycles. The second kappa shape index (κ2) is 13.1. The van der Waals surface area contributed by atoms with Crippen LogP contribution in [0.1, 0.15) is 51.2 Å². The van der Waals surface area contributed by atoms with Gasteiger partial charge in [0.05, 0.1) is 17.5 Å². The van der Waals surface area contributed by atoms with E-state index in [2.05, 4.69) is 5.32 Å². The number of benzene rings is 2. The lowest BCUT2D eigenvalue weighted by atomic mass is 10.1. The minimum Gasteiger partial charge on any atom is -0.352 e. The summed E-state index contributed by atoms with van der Waals surface area (Å²) in [6.07, 6.45) is -3.66. The zero-order valence-electron chi connectivity index (χ0n) is 21.8. The van der Waals surface area contributed by atoms with Crippen LogP contribution in [0.3, 0.4) is 0 Å². The molecule has 0 fully saturated rings. The molecule has 210 valence electrons. The molecule has 0 heterocycles. The fourth-order valence-electron chi connectivity index (χ4n) is 3.93. The van der Waals surface area contributed by atoms with Gasteiger partial charge in [0.2, 0.25) is 21.8 Å². The Balaban J connectivity index is 2.25. The second-order valence-corrected chi connectivity index (χ2v) is 11.1. The van der Waals surface area contributed by atoms with Crippen LogP contribution >= 0.6 is 0 Å². The number of alkyl halides is 3. The van der Waals surface area contributed by atoms with Crippen molar-refractivity contribution < 1.29 is 35.6 Å². The normalized spacial score (nSPS) is 12.8. The third-order valence-corrected chi connectivity index (χ3v) is 6.89. The molecule has 1 N–H and O–H groups in total. The highest BCUT2D eigenvalue weighted by Gasteiger charge is 2.32. The van der Waals surface area contributed by atoms with Crippen molar-refractivity contribution >= 4 is 27.5 Å². The van der Waals surface area contributed by atoms with E-state index in [9.17, 15) is 35.6 Å². The summed E-state index contributed by atoms with van der Waals surface area (Å²) in [5, 5.41) is 2.78. The smallest absolute Gasteiger partial charge is 0.352 e. The van der Waals surface area contributed by atoms with Gasteiger partial charge >= 0.3 is 6.18 Å². The lowest BCUT2D eigenvalue weighted by Crippen LogP contribution is -2.50. The Morgan fingerprint density at radius 1 is 1.05 bits per heavy atom. The highest BCUT2D eigenvalue weighted by molar-refractivity contribution is 7.92. The van der Waals surface area contributed by atoms with Crippen molar-refractivity contribution in [3.8, 4) is 0 Å². The molecule has 0 radical (unpaired) electrons. The van der Waals surface area contributed by atoms with Crippen LogP contribution in [0.15, 0.2) is 48.5 Å². The van der Waals surface area contributed by atoms with Crippen molar-refractivity contribution in [2.24, 2.45) is 0 Å². The highest BCUT2D eigenvalue weighted by Crippen LogP contribution is 2.32. The fourth-order valence-corrected chi connectivity index (χ4v) is 4.89. The van der Waals surface area contributed by atoms with E-state index >= 15 is 0 Å². The maximum atomic E-state index is 13.4. The Morgan fingerprint density at radius 2 is 1.68 bits per heavy atom. The first-order valence-electron chi connectivity index (χ1n) is 12.1. The van der Waals surface area contributed by atoms with Gasteiger partial charge in [-0.05, 0) is 62.6 Å². The SMILES string of the molecule is CC[C@@H](C(=O)NC(C)C)N(Cc1ccc(F)cc1)C(=O)CCCN(c1cccc(C(F)(F)F)c1)S(C)(=O)=O. The lowest BCUT2D eigenvalue weighted by Gasteiger charge is -2.31. The average Bonchev–Trinajstić information content (AvgIpc) is 2.81. The molecule has 2 amide bonds. The van der Waals surface area contributed by atoms with E-state index in [1.165, 1.54) is 35.2 Å². The van der Waals surface area contributed by atoms with Crippen LogP contribution in [0.2, 0.25) is 0 Å². The van der Waals surface area contributed by atoms with Crippen LogP contribution in [0, 0.1) is 5.82 Å². The molecule has 38 heavy (non-hydrogen) atoms. The summed E-state index contributed by atoms with van der Waals surface area (Å²) in [6.45, 7) is 5.08. The van der Waals surface area contributed by atoms with Gasteiger partial charge in [-0.15, -0.1) is 0 Å². The van der Waals surface area contributed by atoms with E-state index in [1.54, 1.807) is 20.8 Å². The Bertz CT molecular complexity index is 1200. The summed E-state index contributed by atoms with van der Waals surface area (Å²) in [7, 11) is -3.96. The van der Waals surface area contributed by atoms with Crippen LogP contribution in [0.4, 0.5) is 23.2 Å². The minimum absolute atomic E-state index is 0.00962. The summed E-state index contributed by atoms with van der Waals surface area (Å²) in [5.41, 5.74) is -0.565.